The van der Waals surface area contributed by atoms with Crippen LogP contribution in [0.5, 0.6) is 5.75 Å². The van der Waals surface area contributed by atoms with E-state index in [1.807, 2.05) is 38.1 Å². The van der Waals surface area contributed by atoms with Gasteiger partial charge in [-0.3, -0.25) is 4.79 Å². The van der Waals surface area contributed by atoms with Gasteiger partial charge in [0, 0.05) is 24.0 Å². The zero-order valence-electron chi connectivity index (χ0n) is 18.4. The molecule has 9 heteroatoms. The van der Waals surface area contributed by atoms with Crippen LogP contribution in [0.25, 0.3) is 0 Å². The fourth-order valence-corrected chi connectivity index (χ4v) is 3.80. The molecule has 0 aliphatic heterocycles. The second-order valence-electron chi connectivity index (χ2n) is 7.39. The molecule has 1 aromatic heterocycles. The first-order valence-corrected chi connectivity index (χ1v) is 11.3. The monoisotopic (exact) mass is 557 g/mol. The smallest absolute Gasteiger partial charge is 0.258 e. The number of carbonyl (C=O) groups is 1. The first-order valence-electron chi connectivity index (χ1n) is 10.5. The van der Waals surface area contributed by atoms with E-state index in [-0.39, 0.29) is 36.5 Å². The second-order valence-corrected chi connectivity index (χ2v) is 8.68. The molecule has 1 aliphatic rings. The predicted molar refractivity (Wildman–Crippen MR) is 137 cm³/mol. The van der Waals surface area contributed by atoms with Gasteiger partial charge >= 0.3 is 0 Å². The molecule has 0 unspecified atom stereocenters. The number of hydrogen-bond acceptors (Lipinski definition) is 5. The van der Waals surface area contributed by atoms with Gasteiger partial charge in [0.05, 0.1) is 17.2 Å². The molecule has 0 spiro atoms. The maximum atomic E-state index is 11.7. The maximum absolute atomic E-state index is 11.7. The Kier molecular flexibility index (Phi) is 10.5. The molecule has 1 aromatic carbocycles. The molecule has 3 N–H and O–H groups in total. The van der Waals surface area contributed by atoms with Crippen LogP contribution < -0.4 is 20.7 Å². The zero-order chi connectivity index (χ0) is 21.3. The van der Waals surface area contributed by atoms with Gasteiger partial charge in [-0.1, -0.05) is 12.1 Å². The number of aryl methyl sites for hydroxylation is 2. The Bertz CT molecular complexity index is 865. The summed E-state index contributed by atoms with van der Waals surface area (Å²) in [6, 6.07) is 8.25. The van der Waals surface area contributed by atoms with Gasteiger partial charge in [0.1, 0.15) is 5.75 Å². The lowest BCUT2D eigenvalue weighted by molar-refractivity contribution is -0.123. The molecule has 2 aromatic rings. The number of thiazole rings is 1. The molecule has 1 aliphatic carbocycles. The number of amides is 1. The Morgan fingerprint density at radius 1 is 1.23 bits per heavy atom. The summed E-state index contributed by atoms with van der Waals surface area (Å²) in [6.07, 6.45) is 3.03. The number of guanidine groups is 1. The lowest BCUT2D eigenvalue weighted by Crippen LogP contribution is -2.38. The summed E-state index contributed by atoms with van der Waals surface area (Å²) in [4.78, 5) is 22.0. The Balaban J connectivity index is 0.00000341. The summed E-state index contributed by atoms with van der Waals surface area (Å²) in [7, 11) is 0. The number of carbonyl (C=O) groups excluding carboxylic acids is 1. The molecule has 3 rings (SSSR count). The van der Waals surface area contributed by atoms with Crippen molar-refractivity contribution in [2.75, 3.05) is 19.7 Å². The van der Waals surface area contributed by atoms with Crippen molar-refractivity contribution < 1.29 is 9.53 Å². The summed E-state index contributed by atoms with van der Waals surface area (Å²) in [5, 5.41) is 10.7. The summed E-state index contributed by atoms with van der Waals surface area (Å²) >= 11 is 1.70. The van der Waals surface area contributed by atoms with Crippen molar-refractivity contribution in [1.29, 1.82) is 0 Å². The number of hydrogen-bond donors (Lipinski definition) is 3. The number of ether oxygens (including phenoxy) is 1. The average molecular weight is 558 g/mol. The van der Waals surface area contributed by atoms with E-state index in [2.05, 4.69) is 32.9 Å². The summed E-state index contributed by atoms with van der Waals surface area (Å²) < 4.78 is 5.55. The SMILES string of the molecule is CCNC(=NCc1sc(C)nc1C)NCCc1ccc(OCC(=O)NC2CC2)cc1.I. The van der Waals surface area contributed by atoms with E-state index >= 15 is 0 Å². The molecule has 0 radical (unpaired) electrons. The predicted octanol–water partition coefficient (Wildman–Crippen LogP) is 3.33. The van der Waals surface area contributed by atoms with E-state index in [0.717, 1.165) is 49.0 Å². The van der Waals surface area contributed by atoms with Crippen LogP contribution in [0.15, 0.2) is 29.3 Å². The molecule has 170 valence electrons. The number of nitrogens with one attached hydrogen (secondary N) is 3. The number of aromatic nitrogens is 1. The van der Waals surface area contributed by atoms with Gasteiger partial charge in [-0.2, -0.15) is 0 Å². The summed E-state index contributed by atoms with van der Waals surface area (Å²) in [6.45, 7) is 8.40. The van der Waals surface area contributed by atoms with Gasteiger partial charge in [-0.25, -0.2) is 9.98 Å². The first-order chi connectivity index (χ1) is 14.5. The van der Waals surface area contributed by atoms with Crippen molar-refractivity contribution in [3.63, 3.8) is 0 Å². The molecular formula is C22H32IN5O2S. The number of rotatable bonds is 10. The minimum Gasteiger partial charge on any atom is -0.484 e. The van der Waals surface area contributed by atoms with Crippen molar-refractivity contribution in [2.45, 2.75) is 52.6 Å². The normalized spacial score (nSPS) is 13.3. The fourth-order valence-electron chi connectivity index (χ4n) is 2.94. The first kappa shape index (κ1) is 25.4. The highest BCUT2D eigenvalue weighted by Crippen LogP contribution is 2.19. The Labute approximate surface area is 205 Å². The molecule has 0 saturated heterocycles. The van der Waals surface area contributed by atoms with Crippen LogP contribution in [0.4, 0.5) is 0 Å². The lowest BCUT2D eigenvalue weighted by atomic mass is 10.1. The van der Waals surface area contributed by atoms with Crippen molar-refractivity contribution in [3.8, 4) is 5.75 Å². The van der Waals surface area contributed by atoms with Gasteiger partial charge in [0.15, 0.2) is 12.6 Å². The van der Waals surface area contributed by atoms with E-state index in [1.165, 1.54) is 10.4 Å². The van der Waals surface area contributed by atoms with Crippen LogP contribution >= 0.6 is 35.3 Å². The second kappa shape index (κ2) is 12.8. The molecule has 0 bridgehead atoms. The minimum absolute atomic E-state index is 0. The highest BCUT2D eigenvalue weighted by Gasteiger charge is 2.23. The quantitative estimate of drug-likeness (QED) is 0.237. The van der Waals surface area contributed by atoms with Gasteiger partial charge in [-0.05, 0) is 57.7 Å². The third-order valence-electron chi connectivity index (χ3n) is 4.67. The van der Waals surface area contributed by atoms with Crippen LogP contribution in [0.3, 0.4) is 0 Å². The third kappa shape index (κ3) is 9.02. The van der Waals surface area contributed by atoms with Crippen LogP contribution in [0, 0.1) is 13.8 Å². The molecule has 1 amide bonds. The Morgan fingerprint density at radius 3 is 2.58 bits per heavy atom. The fraction of sp³-hybridized carbons (Fsp3) is 0.500. The van der Waals surface area contributed by atoms with Gasteiger partial charge < -0.3 is 20.7 Å². The minimum atomic E-state index is -0.0512. The topological polar surface area (TPSA) is 87.6 Å². The lowest BCUT2D eigenvalue weighted by Gasteiger charge is -2.11. The van der Waals surface area contributed by atoms with Crippen molar-refractivity contribution in [2.24, 2.45) is 4.99 Å². The largest absolute Gasteiger partial charge is 0.484 e. The zero-order valence-corrected chi connectivity index (χ0v) is 21.5. The van der Waals surface area contributed by atoms with Crippen LogP contribution in [-0.4, -0.2) is 42.6 Å². The molecule has 1 fully saturated rings. The highest BCUT2D eigenvalue weighted by atomic mass is 127. The van der Waals surface area contributed by atoms with Gasteiger partial charge in [0.2, 0.25) is 0 Å². The van der Waals surface area contributed by atoms with E-state index in [4.69, 9.17) is 4.74 Å². The Morgan fingerprint density at radius 2 is 1.97 bits per heavy atom. The third-order valence-corrected chi connectivity index (χ3v) is 5.72. The molecule has 1 saturated carbocycles. The van der Waals surface area contributed by atoms with Crippen molar-refractivity contribution in [1.82, 2.24) is 20.9 Å². The van der Waals surface area contributed by atoms with E-state index in [1.54, 1.807) is 11.3 Å². The van der Waals surface area contributed by atoms with Crippen LogP contribution in [0.2, 0.25) is 0 Å². The molecule has 7 nitrogen and oxygen atoms in total. The van der Waals surface area contributed by atoms with Gasteiger partial charge in [-0.15, -0.1) is 35.3 Å². The Hall–Kier alpha value is -1.88. The highest BCUT2D eigenvalue weighted by molar-refractivity contribution is 14.0. The summed E-state index contributed by atoms with van der Waals surface area (Å²) in [5.41, 5.74) is 2.26. The standard InChI is InChI=1S/C22H31N5O2S.HI/c1-4-23-22(25-13-20-15(2)26-16(3)30-20)24-12-11-17-5-9-19(10-6-17)29-14-21(28)27-18-7-8-18;/h5-6,9-10,18H,4,7-8,11-14H2,1-3H3,(H,27,28)(H2,23,24,25);1H. The van der Waals surface area contributed by atoms with Crippen LogP contribution in [0.1, 0.15) is 40.9 Å². The molecule has 1 heterocycles. The number of aliphatic imine (C=N–C) groups is 1. The van der Waals surface area contributed by atoms with Crippen molar-refractivity contribution in [3.05, 3.63) is 45.4 Å². The average Bonchev–Trinajstić information content (AvgIpc) is 3.47. The van der Waals surface area contributed by atoms with Crippen molar-refractivity contribution >= 4 is 47.2 Å². The molecular weight excluding hydrogens is 525 g/mol. The van der Waals surface area contributed by atoms with E-state index < -0.39 is 0 Å². The van der Waals surface area contributed by atoms with Gasteiger partial charge in [0.25, 0.3) is 5.91 Å². The summed E-state index contributed by atoms with van der Waals surface area (Å²) in [5.74, 6) is 1.47. The number of halogens is 1. The number of benzene rings is 1. The number of nitrogens with zero attached hydrogens (tertiary/aromatic N) is 2. The molecule has 31 heavy (non-hydrogen) atoms. The molecule has 0 atom stereocenters. The maximum Gasteiger partial charge on any atom is 0.258 e. The van der Waals surface area contributed by atoms with E-state index in [9.17, 15) is 4.79 Å². The van der Waals surface area contributed by atoms with Crippen LogP contribution in [-0.2, 0) is 17.8 Å². The van der Waals surface area contributed by atoms with E-state index in [0.29, 0.717) is 18.3 Å².